The van der Waals surface area contributed by atoms with Crippen LogP contribution >= 0.6 is 0 Å². The molecule has 0 unspecified atom stereocenters. The molecule has 0 bridgehead atoms. The summed E-state index contributed by atoms with van der Waals surface area (Å²) in [4.78, 5) is 13.4. The molecule has 1 amide bonds. The van der Waals surface area contributed by atoms with Gasteiger partial charge in [0.2, 0.25) is 5.82 Å². The maximum atomic E-state index is 12.1. The Kier molecular flexibility index (Phi) is 4.92. The summed E-state index contributed by atoms with van der Waals surface area (Å²) in [5.74, 6) is 0.943. The highest BCUT2D eigenvalue weighted by Crippen LogP contribution is 2.24. The van der Waals surface area contributed by atoms with Crippen molar-refractivity contribution in [1.29, 1.82) is 0 Å². The van der Waals surface area contributed by atoms with Gasteiger partial charge in [0.1, 0.15) is 17.9 Å². The van der Waals surface area contributed by atoms with E-state index in [-0.39, 0.29) is 12.5 Å². The van der Waals surface area contributed by atoms with E-state index in [4.69, 9.17) is 4.42 Å². The number of aryl methyl sites for hydroxylation is 1. The summed E-state index contributed by atoms with van der Waals surface area (Å²) >= 11 is 0. The quantitative estimate of drug-likeness (QED) is 0.413. The largest absolute Gasteiger partial charge is 0.460 e. The molecule has 2 heterocycles. The highest BCUT2D eigenvalue weighted by molar-refractivity contribution is 5.99. The third-order valence-electron chi connectivity index (χ3n) is 4.18. The standard InChI is InChI=1S/C20H18N6O2/c1-2-17-16(15-10-6-7-11-18(15)28-17)12-21-22-19(27)13-26-24-20(23-25-26)14-8-4-3-5-9-14/h3-12H,2,13H2,1H3,(H,22,27)/b21-12-. The van der Waals surface area contributed by atoms with Crippen LogP contribution in [-0.2, 0) is 17.8 Å². The van der Waals surface area contributed by atoms with E-state index in [0.29, 0.717) is 5.82 Å². The van der Waals surface area contributed by atoms with Crippen molar-refractivity contribution < 1.29 is 9.21 Å². The van der Waals surface area contributed by atoms with E-state index in [9.17, 15) is 4.79 Å². The SMILES string of the molecule is CCc1oc2ccccc2c1/C=N\NC(=O)Cn1nnc(-c2ccccc2)n1. The van der Waals surface area contributed by atoms with E-state index in [1.54, 1.807) is 6.21 Å². The van der Waals surface area contributed by atoms with Crippen LogP contribution in [0, 0.1) is 0 Å². The molecule has 0 aliphatic rings. The third kappa shape index (κ3) is 3.66. The topological polar surface area (TPSA) is 98.2 Å². The van der Waals surface area contributed by atoms with E-state index in [1.165, 1.54) is 4.80 Å². The molecule has 0 atom stereocenters. The van der Waals surface area contributed by atoms with Crippen LogP contribution in [0.3, 0.4) is 0 Å². The number of amides is 1. The molecule has 0 saturated carbocycles. The Bertz CT molecular complexity index is 1130. The van der Waals surface area contributed by atoms with Crippen LogP contribution in [-0.4, -0.2) is 32.3 Å². The normalized spacial score (nSPS) is 11.3. The molecule has 0 radical (unpaired) electrons. The van der Waals surface area contributed by atoms with E-state index < -0.39 is 0 Å². The molecular weight excluding hydrogens is 356 g/mol. The first-order valence-electron chi connectivity index (χ1n) is 8.90. The minimum atomic E-state index is -0.348. The lowest BCUT2D eigenvalue weighted by Crippen LogP contribution is -2.24. The molecule has 28 heavy (non-hydrogen) atoms. The Morgan fingerprint density at radius 3 is 2.79 bits per heavy atom. The highest BCUT2D eigenvalue weighted by atomic mass is 16.3. The average molecular weight is 374 g/mol. The van der Waals surface area contributed by atoms with Crippen molar-refractivity contribution in [3.8, 4) is 11.4 Å². The Balaban J connectivity index is 1.42. The number of rotatable bonds is 6. The van der Waals surface area contributed by atoms with Crippen LogP contribution < -0.4 is 5.43 Å². The summed E-state index contributed by atoms with van der Waals surface area (Å²) in [6.07, 6.45) is 2.34. The van der Waals surface area contributed by atoms with Gasteiger partial charge in [-0.2, -0.15) is 9.90 Å². The summed E-state index contributed by atoms with van der Waals surface area (Å²) < 4.78 is 5.81. The Morgan fingerprint density at radius 2 is 1.96 bits per heavy atom. The van der Waals surface area contributed by atoms with Crippen molar-refractivity contribution in [3.63, 3.8) is 0 Å². The second kappa shape index (κ2) is 7.83. The smallest absolute Gasteiger partial charge is 0.263 e. The van der Waals surface area contributed by atoms with Crippen LogP contribution in [0.15, 0.2) is 64.1 Å². The van der Waals surface area contributed by atoms with Crippen molar-refractivity contribution in [1.82, 2.24) is 25.6 Å². The zero-order valence-corrected chi connectivity index (χ0v) is 15.2. The Labute approximate surface area is 160 Å². The molecule has 0 saturated heterocycles. The Hall–Kier alpha value is -3.81. The number of benzene rings is 2. The molecule has 2 aromatic heterocycles. The first kappa shape index (κ1) is 17.6. The molecular formula is C20H18N6O2. The van der Waals surface area contributed by atoms with Gasteiger partial charge in [0, 0.05) is 22.9 Å². The predicted molar refractivity (Wildman–Crippen MR) is 105 cm³/mol. The molecule has 2 aromatic carbocycles. The van der Waals surface area contributed by atoms with Gasteiger partial charge >= 0.3 is 0 Å². The lowest BCUT2D eigenvalue weighted by Gasteiger charge is -1.98. The number of aromatic nitrogens is 4. The van der Waals surface area contributed by atoms with Crippen molar-refractivity contribution in [2.45, 2.75) is 19.9 Å². The summed E-state index contributed by atoms with van der Waals surface area (Å²) in [5.41, 5.74) is 5.00. The number of nitrogens with zero attached hydrogens (tertiary/aromatic N) is 5. The fourth-order valence-corrected chi connectivity index (χ4v) is 2.87. The first-order valence-corrected chi connectivity index (χ1v) is 8.90. The lowest BCUT2D eigenvalue weighted by molar-refractivity contribution is -0.122. The van der Waals surface area contributed by atoms with Crippen molar-refractivity contribution >= 4 is 23.1 Å². The summed E-state index contributed by atoms with van der Waals surface area (Å²) in [7, 11) is 0. The van der Waals surface area contributed by atoms with Gasteiger partial charge in [-0.15, -0.1) is 10.2 Å². The molecule has 8 nitrogen and oxygen atoms in total. The van der Waals surface area contributed by atoms with Crippen LogP contribution in [0.5, 0.6) is 0 Å². The number of nitrogens with one attached hydrogen (secondary N) is 1. The van der Waals surface area contributed by atoms with Gasteiger partial charge in [0.15, 0.2) is 0 Å². The van der Waals surface area contributed by atoms with E-state index in [1.807, 2.05) is 61.5 Å². The fraction of sp³-hybridized carbons (Fsp3) is 0.150. The van der Waals surface area contributed by atoms with Gasteiger partial charge < -0.3 is 4.42 Å². The minimum absolute atomic E-state index is 0.0794. The number of tetrazole rings is 1. The maximum Gasteiger partial charge on any atom is 0.263 e. The van der Waals surface area contributed by atoms with Crippen LogP contribution in [0.2, 0.25) is 0 Å². The Morgan fingerprint density at radius 1 is 1.18 bits per heavy atom. The van der Waals surface area contributed by atoms with Crippen molar-refractivity contribution in [2.24, 2.45) is 5.10 Å². The van der Waals surface area contributed by atoms with Crippen molar-refractivity contribution in [3.05, 3.63) is 65.9 Å². The van der Waals surface area contributed by atoms with Crippen LogP contribution in [0.4, 0.5) is 0 Å². The van der Waals surface area contributed by atoms with Crippen LogP contribution in [0.1, 0.15) is 18.2 Å². The second-order valence-electron chi connectivity index (χ2n) is 6.09. The third-order valence-corrected chi connectivity index (χ3v) is 4.18. The number of hydrazone groups is 1. The fourth-order valence-electron chi connectivity index (χ4n) is 2.87. The number of carbonyl (C=O) groups excluding carboxylic acids is 1. The number of carbonyl (C=O) groups is 1. The molecule has 0 spiro atoms. The molecule has 0 aliphatic carbocycles. The van der Waals surface area contributed by atoms with Crippen molar-refractivity contribution in [2.75, 3.05) is 0 Å². The lowest BCUT2D eigenvalue weighted by atomic mass is 10.1. The van der Waals surface area contributed by atoms with Crippen LogP contribution in [0.25, 0.3) is 22.4 Å². The highest BCUT2D eigenvalue weighted by Gasteiger charge is 2.11. The molecule has 0 aliphatic heterocycles. The van der Waals surface area contributed by atoms with Gasteiger partial charge in [-0.05, 0) is 11.3 Å². The monoisotopic (exact) mass is 374 g/mol. The molecule has 4 aromatic rings. The number of furan rings is 1. The maximum absolute atomic E-state index is 12.1. The molecule has 8 heteroatoms. The van der Waals surface area contributed by atoms with Gasteiger partial charge in [0.05, 0.1) is 6.21 Å². The van der Waals surface area contributed by atoms with E-state index in [0.717, 1.165) is 34.3 Å². The van der Waals surface area contributed by atoms with E-state index >= 15 is 0 Å². The zero-order valence-electron chi connectivity index (χ0n) is 15.2. The predicted octanol–water partition coefficient (Wildman–Crippen LogP) is 2.80. The number of fused-ring (bicyclic) bond motifs is 1. The minimum Gasteiger partial charge on any atom is -0.460 e. The van der Waals surface area contributed by atoms with Gasteiger partial charge in [0.25, 0.3) is 5.91 Å². The second-order valence-corrected chi connectivity index (χ2v) is 6.09. The zero-order chi connectivity index (χ0) is 19.3. The number of para-hydroxylation sites is 1. The van der Waals surface area contributed by atoms with Gasteiger partial charge in [-0.25, -0.2) is 5.43 Å². The van der Waals surface area contributed by atoms with Gasteiger partial charge in [-0.3, -0.25) is 4.79 Å². The summed E-state index contributed by atoms with van der Waals surface area (Å²) in [6.45, 7) is 1.93. The number of hydrogen-bond donors (Lipinski definition) is 1. The molecule has 0 fully saturated rings. The molecule has 4 rings (SSSR count). The van der Waals surface area contributed by atoms with E-state index in [2.05, 4.69) is 25.9 Å². The molecule has 1 N–H and O–H groups in total. The number of hydrogen-bond acceptors (Lipinski definition) is 6. The first-order chi connectivity index (χ1) is 13.7. The average Bonchev–Trinajstić information content (AvgIpc) is 3.33. The van der Waals surface area contributed by atoms with Gasteiger partial charge in [-0.1, -0.05) is 55.5 Å². The molecule has 140 valence electrons. The summed E-state index contributed by atoms with van der Waals surface area (Å²) in [5, 5.41) is 17.1. The summed E-state index contributed by atoms with van der Waals surface area (Å²) in [6, 6.07) is 17.2.